The van der Waals surface area contributed by atoms with Gasteiger partial charge >= 0.3 is 5.97 Å². The highest BCUT2D eigenvalue weighted by Crippen LogP contribution is 2.24. The van der Waals surface area contributed by atoms with Crippen LogP contribution in [0.25, 0.3) is 0 Å². The van der Waals surface area contributed by atoms with Crippen LogP contribution in [0.4, 0.5) is 0 Å². The Bertz CT molecular complexity index is 621. The predicted molar refractivity (Wildman–Crippen MR) is 151 cm³/mol. The first-order chi connectivity index (χ1) is 17.2. The van der Waals surface area contributed by atoms with Gasteiger partial charge in [0.25, 0.3) is 0 Å². The van der Waals surface area contributed by atoms with E-state index in [1.165, 1.54) is 86.8 Å². The van der Waals surface area contributed by atoms with Crippen molar-refractivity contribution in [2.24, 2.45) is 0 Å². The summed E-state index contributed by atoms with van der Waals surface area (Å²) in [5.41, 5.74) is 0. The van der Waals surface area contributed by atoms with Crippen LogP contribution in [0.3, 0.4) is 0 Å². The summed E-state index contributed by atoms with van der Waals surface area (Å²) in [6, 6.07) is -1.66. The van der Waals surface area contributed by atoms with Crippen molar-refractivity contribution in [3.63, 3.8) is 0 Å². The lowest BCUT2D eigenvalue weighted by molar-refractivity contribution is -0.140. The number of aliphatic carboxylic acids is 1. The smallest absolute Gasteiger partial charge is 0.327 e. The van der Waals surface area contributed by atoms with Crippen molar-refractivity contribution in [2.45, 2.75) is 117 Å². The molecule has 210 valence electrons. The van der Waals surface area contributed by atoms with E-state index in [9.17, 15) is 24.3 Å². The van der Waals surface area contributed by atoms with E-state index >= 15 is 0 Å². The molecule has 36 heavy (non-hydrogen) atoms. The van der Waals surface area contributed by atoms with Crippen molar-refractivity contribution in [1.82, 2.24) is 15.5 Å². The van der Waals surface area contributed by atoms with E-state index in [-0.39, 0.29) is 17.6 Å². The Labute approximate surface area is 226 Å². The van der Waals surface area contributed by atoms with E-state index in [2.05, 4.69) is 24.5 Å². The van der Waals surface area contributed by atoms with Crippen molar-refractivity contribution < 1.29 is 24.3 Å². The molecule has 10 heteroatoms. The van der Waals surface area contributed by atoms with Gasteiger partial charge in [-0.1, -0.05) is 99.6 Å². The van der Waals surface area contributed by atoms with Gasteiger partial charge in [0.05, 0.1) is 0 Å². The number of unbranched alkanes of at least 4 members (excludes halogenated alkanes) is 10. The highest BCUT2D eigenvalue weighted by atomic mass is 33.1. The second-order valence-corrected chi connectivity index (χ2v) is 11.8. The number of carboxylic acids is 1. The Morgan fingerprint density at radius 2 is 1.06 bits per heavy atom. The summed E-state index contributed by atoms with van der Waals surface area (Å²) in [6.45, 7) is 8.46. The number of carbonyl (C=O) groups is 4. The first kappa shape index (κ1) is 34.6. The summed E-state index contributed by atoms with van der Waals surface area (Å²) >= 11 is 0. The van der Waals surface area contributed by atoms with Gasteiger partial charge in [-0.15, -0.1) is 0 Å². The normalized spacial score (nSPS) is 12.6. The molecule has 0 fully saturated rings. The van der Waals surface area contributed by atoms with Crippen molar-refractivity contribution in [3.05, 3.63) is 0 Å². The van der Waals surface area contributed by atoms with Gasteiger partial charge < -0.3 is 20.6 Å². The summed E-state index contributed by atoms with van der Waals surface area (Å²) in [5, 5.41) is 14.5. The van der Waals surface area contributed by atoms with Crippen LogP contribution in [0.5, 0.6) is 0 Å². The van der Waals surface area contributed by atoms with E-state index in [1.807, 2.05) is 4.90 Å². The molecule has 0 saturated heterocycles. The van der Waals surface area contributed by atoms with Crippen LogP contribution in [0.15, 0.2) is 0 Å². The molecule has 3 amide bonds. The van der Waals surface area contributed by atoms with Crippen molar-refractivity contribution in [3.8, 4) is 0 Å². The van der Waals surface area contributed by atoms with Crippen molar-refractivity contribution in [2.75, 3.05) is 24.6 Å². The fourth-order valence-electron chi connectivity index (χ4n) is 3.79. The lowest BCUT2D eigenvalue weighted by Gasteiger charge is -2.28. The summed E-state index contributed by atoms with van der Waals surface area (Å²) < 4.78 is 0. The van der Waals surface area contributed by atoms with E-state index in [1.54, 1.807) is 0 Å². The van der Waals surface area contributed by atoms with Gasteiger partial charge in [0.2, 0.25) is 17.7 Å². The number of carboxylic acid groups (broad SMARTS) is 1. The molecule has 0 aromatic heterocycles. The summed E-state index contributed by atoms with van der Waals surface area (Å²) in [5.74, 6) is -1.34. The topological polar surface area (TPSA) is 116 Å². The lowest BCUT2D eigenvalue weighted by Crippen LogP contribution is -2.50. The predicted octanol–water partition coefficient (Wildman–Crippen LogP) is 5.01. The average molecular weight is 548 g/mol. The molecule has 0 rings (SSSR count). The number of hydrogen-bond acceptors (Lipinski definition) is 6. The van der Waals surface area contributed by atoms with E-state index in [0.29, 0.717) is 18.8 Å². The summed E-state index contributed by atoms with van der Waals surface area (Å²) in [7, 11) is 2.61. The zero-order chi connectivity index (χ0) is 27.2. The van der Waals surface area contributed by atoms with Gasteiger partial charge in [-0.05, 0) is 12.8 Å². The van der Waals surface area contributed by atoms with Gasteiger partial charge in [-0.2, -0.15) is 0 Å². The van der Waals surface area contributed by atoms with Gasteiger partial charge in [0, 0.05) is 38.4 Å². The summed E-state index contributed by atoms with van der Waals surface area (Å²) in [6.07, 6.45) is 13.8. The van der Waals surface area contributed by atoms with E-state index in [4.69, 9.17) is 0 Å². The number of carbonyl (C=O) groups excluding carboxylic acids is 3. The molecule has 0 radical (unpaired) electrons. The highest BCUT2D eigenvalue weighted by Gasteiger charge is 2.26. The molecule has 0 aliphatic rings. The minimum Gasteiger partial charge on any atom is -0.480 e. The molecule has 3 N–H and O–H groups in total. The molecular formula is C26H49N3O5S2. The Morgan fingerprint density at radius 1 is 0.667 bits per heavy atom. The SMILES string of the molecule is CCCCCCCCN(CCCCCCCC)C(=O)[C@H](CSSC[C@H](NC(C)=O)C(=O)O)NC(C)=O. The number of amides is 3. The molecule has 0 aromatic rings. The lowest BCUT2D eigenvalue weighted by atomic mass is 10.1. The molecule has 0 heterocycles. The van der Waals surface area contributed by atoms with Crippen LogP contribution in [0.1, 0.15) is 105 Å². The number of hydrogen-bond donors (Lipinski definition) is 3. The molecular weight excluding hydrogens is 498 g/mol. The molecule has 8 nitrogen and oxygen atoms in total. The minimum absolute atomic E-state index is 0.0722. The van der Waals surface area contributed by atoms with Gasteiger partial charge in [-0.3, -0.25) is 14.4 Å². The first-order valence-electron chi connectivity index (χ1n) is 13.5. The maximum absolute atomic E-state index is 13.4. The van der Waals surface area contributed by atoms with Gasteiger partial charge in [0.15, 0.2) is 0 Å². The molecule has 0 bridgehead atoms. The number of nitrogens with zero attached hydrogens (tertiary/aromatic N) is 1. The largest absolute Gasteiger partial charge is 0.480 e. The molecule has 0 aliphatic carbocycles. The molecule has 2 atom stereocenters. The third-order valence-electron chi connectivity index (χ3n) is 5.78. The molecule has 0 aromatic carbocycles. The monoisotopic (exact) mass is 547 g/mol. The number of nitrogens with one attached hydrogen (secondary N) is 2. The van der Waals surface area contributed by atoms with E-state index in [0.717, 1.165) is 25.7 Å². The Morgan fingerprint density at radius 3 is 1.47 bits per heavy atom. The first-order valence-corrected chi connectivity index (χ1v) is 16.0. The zero-order valence-electron chi connectivity index (χ0n) is 22.8. The van der Waals surface area contributed by atoms with E-state index < -0.39 is 24.0 Å². The maximum atomic E-state index is 13.4. The molecule has 0 saturated carbocycles. The average Bonchev–Trinajstić information content (AvgIpc) is 2.82. The molecule has 0 aliphatic heterocycles. The fraction of sp³-hybridized carbons (Fsp3) is 0.846. The van der Waals surface area contributed by atoms with Gasteiger partial charge in [-0.25, -0.2) is 4.79 Å². The fourth-order valence-corrected chi connectivity index (χ4v) is 6.10. The van der Waals surface area contributed by atoms with Crippen LogP contribution in [-0.2, 0) is 19.2 Å². The summed E-state index contributed by atoms with van der Waals surface area (Å²) in [4.78, 5) is 49.7. The second-order valence-electron chi connectivity index (χ2n) is 9.27. The Balaban J connectivity index is 4.96. The van der Waals surface area contributed by atoms with Crippen molar-refractivity contribution in [1.29, 1.82) is 0 Å². The minimum atomic E-state index is -1.10. The third-order valence-corrected chi connectivity index (χ3v) is 8.20. The van der Waals surface area contributed by atoms with Crippen LogP contribution in [0.2, 0.25) is 0 Å². The van der Waals surface area contributed by atoms with Crippen molar-refractivity contribution >= 4 is 45.3 Å². The maximum Gasteiger partial charge on any atom is 0.327 e. The second kappa shape index (κ2) is 22.8. The number of rotatable bonds is 23. The Hall–Kier alpha value is -1.42. The third kappa shape index (κ3) is 18.8. The van der Waals surface area contributed by atoms with Crippen LogP contribution < -0.4 is 10.6 Å². The standard InChI is InChI=1S/C26H49N3O5S2/c1-5-7-9-11-13-15-17-29(18-16-14-12-10-8-6-2)25(32)23(27-21(3)30)19-35-36-20-24(26(33)34)28-22(4)31/h23-24H,5-20H2,1-4H3,(H,27,30)(H,28,31)(H,33,34)/t23-,24-/m0/s1. The van der Waals surface area contributed by atoms with Gasteiger partial charge in [0.1, 0.15) is 12.1 Å². The van der Waals surface area contributed by atoms with Crippen LogP contribution in [0, 0.1) is 0 Å². The molecule has 0 unspecified atom stereocenters. The Kier molecular flexibility index (Phi) is 21.9. The molecule has 0 spiro atoms. The van der Waals surface area contributed by atoms with Crippen LogP contribution >= 0.6 is 21.6 Å². The van der Waals surface area contributed by atoms with Crippen LogP contribution in [-0.4, -0.2) is 70.4 Å². The highest BCUT2D eigenvalue weighted by molar-refractivity contribution is 8.76. The zero-order valence-corrected chi connectivity index (χ0v) is 24.4. The quantitative estimate of drug-likeness (QED) is 0.122.